The molecule has 31 heavy (non-hydrogen) atoms. The van der Waals surface area contributed by atoms with Crippen molar-refractivity contribution in [3.8, 4) is 0 Å². The molecule has 9 heteroatoms. The van der Waals surface area contributed by atoms with Crippen LogP contribution in [0.4, 0.5) is 5.69 Å². The van der Waals surface area contributed by atoms with Gasteiger partial charge in [0, 0.05) is 44.7 Å². The standard InChI is InChI=1S/C22H31N3O4S2/c1-19-7-5-8-20(17-19)25-15-13-24(14-16-25)12-4-3-11-23-31(28,29)22-10-6-9-21(18-22)30(2,26)27/h5-10,17-18,23H,3-4,11-16H2,1-2H3. The maximum Gasteiger partial charge on any atom is 0.240 e. The van der Waals surface area contributed by atoms with Crippen molar-refractivity contribution in [2.24, 2.45) is 0 Å². The van der Waals surface area contributed by atoms with E-state index < -0.39 is 19.9 Å². The minimum absolute atomic E-state index is 0.000167. The van der Waals surface area contributed by atoms with Crippen LogP contribution in [0.2, 0.25) is 0 Å². The highest BCUT2D eigenvalue weighted by Gasteiger charge is 2.18. The summed E-state index contributed by atoms with van der Waals surface area (Å²) in [7, 11) is -7.18. The molecular weight excluding hydrogens is 434 g/mol. The number of nitrogens with one attached hydrogen (secondary N) is 1. The number of aryl methyl sites for hydroxylation is 1. The molecule has 1 saturated heterocycles. The number of unbranched alkanes of at least 4 members (excludes halogenated alkanes) is 1. The number of benzene rings is 2. The predicted molar refractivity (Wildman–Crippen MR) is 124 cm³/mol. The lowest BCUT2D eigenvalue weighted by atomic mass is 10.2. The highest BCUT2D eigenvalue weighted by atomic mass is 32.2. The first-order valence-corrected chi connectivity index (χ1v) is 13.9. The Morgan fingerprint density at radius 1 is 0.871 bits per heavy atom. The molecule has 1 N–H and O–H groups in total. The molecule has 2 aromatic rings. The van der Waals surface area contributed by atoms with Crippen molar-refractivity contribution in [1.82, 2.24) is 9.62 Å². The number of sulfonamides is 1. The van der Waals surface area contributed by atoms with Gasteiger partial charge >= 0.3 is 0 Å². The van der Waals surface area contributed by atoms with Crippen molar-refractivity contribution >= 4 is 25.5 Å². The summed E-state index contributed by atoms with van der Waals surface area (Å²) in [6.07, 6.45) is 2.69. The highest BCUT2D eigenvalue weighted by molar-refractivity contribution is 7.91. The summed E-state index contributed by atoms with van der Waals surface area (Å²) in [5, 5.41) is 0. The van der Waals surface area contributed by atoms with E-state index in [1.54, 1.807) is 0 Å². The summed E-state index contributed by atoms with van der Waals surface area (Å²) in [4.78, 5) is 4.79. The molecule has 0 unspecified atom stereocenters. The quantitative estimate of drug-likeness (QED) is 0.572. The summed E-state index contributed by atoms with van der Waals surface area (Å²) >= 11 is 0. The number of hydrogen-bond acceptors (Lipinski definition) is 6. The van der Waals surface area contributed by atoms with Crippen LogP contribution in [-0.4, -0.2) is 67.3 Å². The van der Waals surface area contributed by atoms with Gasteiger partial charge in [-0.05, 0) is 62.2 Å². The van der Waals surface area contributed by atoms with Crippen molar-refractivity contribution in [3.05, 3.63) is 54.1 Å². The molecule has 3 rings (SSSR count). The Kier molecular flexibility index (Phi) is 7.74. The minimum atomic E-state index is -3.72. The second kappa shape index (κ2) is 10.1. The van der Waals surface area contributed by atoms with Crippen molar-refractivity contribution in [1.29, 1.82) is 0 Å². The largest absolute Gasteiger partial charge is 0.369 e. The Morgan fingerprint density at radius 3 is 2.23 bits per heavy atom. The first kappa shape index (κ1) is 23.7. The maximum atomic E-state index is 12.4. The molecule has 2 aromatic carbocycles. The van der Waals surface area contributed by atoms with Crippen molar-refractivity contribution in [2.75, 3.05) is 50.4 Å². The van der Waals surface area contributed by atoms with Gasteiger partial charge in [0.2, 0.25) is 10.0 Å². The summed E-state index contributed by atoms with van der Waals surface area (Å²) in [6.45, 7) is 7.35. The lowest BCUT2D eigenvalue weighted by Crippen LogP contribution is -2.46. The van der Waals surface area contributed by atoms with Crippen LogP contribution >= 0.6 is 0 Å². The fourth-order valence-electron chi connectivity index (χ4n) is 3.68. The Balaban J connectivity index is 1.40. The van der Waals surface area contributed by atoms with Gasteiger partial charge in [0.1, 0.15) is 0 Å². The fourth-order valence-corrected chi connectivity index (χ4v) is 5.54. The van der Waals surface area contributed by atoms with Crippen LogP contribution < -0.4 is 9.62 Å². The average molecular weight is 466 g/mol. The van der Waals surface area contributed by atoms with Gasteiger partial charge in [-0.25, -0.2) is 21.6 Å². The molecule has 0 saturated carbocycles. The van der Waals surface area contributed by atoms with Crippen LogP contribution in [0.5, 0.6) is 0 Å². The van der Waals surface area contributed by atoms with Gasteiger partial charge < -0.3 is 4.90 Å². The van der Waals surface area contributed by atoms with Crippen LogP contribution in [0.1, 0.15) is 18.4 Å². The zero-order valence-corrected chi connectivity index (χ0v) is 19.8. The van der Waals surface area contributed by atoms with E-state index in [0.29, 0.717) is 6.54 Å². The van der Waals surface area contributed by atoms with E-state index in [4.69, 9.17) is 0 Å². The molecule has 1 fully saturated rings. The lowest BCUT2D eigenvalue weighted by molar-refractivity contribution is 0.253. The van der Waals surface area contributed by atoms with E-state index >= 15 is 0 Å². The van der Waals surface area contributed by atoms with E-state index in [0.717, 1.165) is 51.8 Å². The van der Waals surface area contributed by atoms with Gasteiger partial charge in [-0.15, -0.1) is 0 Å². The van der Waals surface area contributed by atoms with E-state index in [9.17, 15) is 16.8 Å². The first-order valence-electron chi connectivity index (χ1n) is 10.5. The summed E-state index contributed by atoms with van der Waals surface area (Å²) < 4.78 is 50.8. The molecule has 0 aromatic heterocycles. The van der Waals surface area contributed by atoms with Crippen molar-refractivity contribution < 1.29 is 16.8 Å². The number of nitrogens with zero attached hydrogens (tertiary/aromatic N) is 2. The molecule has 7 nitrogen and oxygen atoms in total. The topological polar surface area (TPSA) is 86.8 Å². The third kappa shape index (κ3) is 6.77. The number of anilines is 1. The summed E-state index contributed by atoms with van der Waals surface area (Å²) in [5.41, 5.74) is 2.54. The molecule has 0 bridgehead atoms. The molecule has 0 amide bonds. The fraction of sp³-hybridized carbons (Fsp3) is 0.455. The molecular formula is C22H31N3O4S2. The minimum Gasteiger partial charge on any atom is -0.369 e. The monoisotopic (exact) mass is 465 g/mol. The van der Waals surface area contributed by atoms with E-state index in [2.05, 4.69) is 45.7 Å². The van der Waals surface area contributed by atoms with Crippen LogP contribution in [0.3, 0.4) is 0 Å². The van der Waals surface area contributed by atoms with Gasteiger partial charge in [0.25, 0.3) is 0 Å². The summed E-state index contributed by atoms with van der Waals surface area (Å²) in [6, 6.07) is 14.0. The summed E-state index contributed by atoms with van der Waals surface area (Å²) in [5.74, 6) is 0. The zero-order chi connectivity index (χ0) is 22.5. The molecule has 170 valence electrons. The lowest BCUT2D eigenvalue weighted by Gasteiger charge is -2.36. The third-order valence-electron chi connectivity index (χ3n) is 5.48. The molecule has 1 aliphatic heterocycles. The number of piperazine rings is 1. The molecule has 0 spiro atoms. The van der Waals surface area contributed by atoms with Crippen molar-refractivity contribution in [2.45, 2.75) is 29.6 Å². The first-order chi connectivity index (χ1) is 14.6. The van der Waals surface area contributed by atoms with Crippen LogP contribution in [0, 0.1) is 6.92 Å². The Labute approximate surface area is 186 Å². The van der Waals surface area contributed by atoms with Gasteiger partial charge in [-0.1, -0.05) is 18.2 Å². The van der Waals surface area contributed by atoms with E-state index in [-0.39, 0.29) is 9.79 Å². The zero-order valence-electron chi connectivity index (χ0n) is 18.1. The highest BCUT2D eigenvalue weighted by Crippen LogP contribution is 2.18. The van der Waals surface area contributed by atoms with E-state index in [1.807, 2.05) is 0 Å². The third-order valence-corrected chi connectivity index (χ3v) is 8.05. The Morgan fingerprint density at radius 2 is 1.55 bits per heavy atom. The Bertz CT molecular complexity index is 1090. The van der Waals surface area contributed by atoms with Crippen LogP contribution in [-0.2, 0) is 19.9 Å². The molecule has 0 aliphatic carbocycles. The van der Waals surface area contributed by atoms with E-state index in [1.165, 1.54) is 35.5 Å². The smallest absolute Gasteiger partial charge is 0.240 e. The number of sulfone groups is 1. The number of rotatable bonds is 9. The normalized spacial score (nSPS) is 15.9. The van der Waals surface area contributed by atoms with Gasteiger partial charge in [0.15, 0.2) is 9.84 Å². The second-order valence-corrected chi connectivity index (χ2v) is 11.8. The van der Waals surface area contributed by atoms with Crippen LogP contribution in [0.25, 0.3) is 0 Å². The molecule has 1 heterocycles. The van der Waals surface area contributed by atoms with Crippen LogP contribution in [0.15, 0.2) is 58.3 Å². The molecule has 0 atom stereocenters. The molecule has 1 aliphatic rings. The van der Waals surface area contributed by atoms with Gasteiger partial charge in [0.05, 0.1) is 9.79 Å². The SMILES string of the molecule is Cc1cccc(N2CCN(CCCCNS(=O)(=O)c3cccc(S(C)(=O)=O)c3)CC2)c1. The maximum absolute atomic E-state index is 12.4. The predicted octanol–water partition coefficient (Wildman–Crippen LogP) is 2.28. The Hall–Kier alpha value is -1.94. The number of hydrogen-bond donors (Lipinski definition) is 1. The van der Waals surface area contributed by atoms with Crippen molar-refractivity contribution in [3.63, 3.8) is 0 Å². The second-order valence-electron chi connectivity index (χ2n) is 8.02. The van der Waals surface area contributed by atoms with Gasteiger partial charge in [-0.3, -0.25) is 4.90 Å². The van der Waals surface area contributed by atoms with Gasteiger partial charge in [-0.2, -0.15) is 0 Å². The molecule has 0 radical (unpaired) electrons. The average Bonchev–Trinajstić information content (AvgIpc) is 2.73.